The van der Waals surface area contributed by atoms with Crippen molar-refractivity contribution in [1.29, 1.82) is 0 Å². The summed E-state index contributed by atoms with van der Waals surface area (Å²) in [6, 6.07) is 16.0. The number of hydrogen-bond acceptors (Lipinski definition) is 7. The number of aromatic hydroxyl groups is 1. The first-order valence-corrected chi connectivity index (χ1v) is 16.3. The third kappa shape index (κ3) is 9.11. The van der Waals surface area contributed by atoms with E-state index in [4.69, 9.17) is 10.5 Å². The molecular weight excluding hydrogens is 675 g/mol. The topological polar surface area (TPSA) is 140 Å². The Morgan fingerprint density at radius 1 is 1.02 bits per heavy atom. The summed E-state index contributed by atoms with van der Waals surface area (Å²) in [5, 5.41) is 12.6. The van der Waals surface area contributed by atoms with E-state index in [0.29, 0.717) is 22.5 Å². The number of carbonyl (C=O) groups excluding carboxylic acids is 3. The number of fused-ring (bicyclic) bond motifs is 1. The molecule has 5 aromatic rings. The number of amides is 3. The molecule has 50 heavy (non-hydrogen) atoms. The van der Waals surface area contributed by atoms with Gasteiger partial charge in [-0.2, -0.15) is 4.40 Å². The lowest BCUT2D eigenvalue weighted by atomic mass is 10.0. The van der Waals surface area contributed by atoms with Gasteiger partial charge in [-0.3, -0.25) is 4.79 Å². The number of carbonyl (C=O) groups is 3. The molecule has 0 aliphatic carbocycles. The van der Waals surface area contributed by atoms with Crippen molar-refractivity contribution in [3.05, 3.63) is 112 Å². The van der Waals surface area contributed by atoms with Crippen LogP contribution in [-0.4, -0.2) is 51.0 Å². The number of primary amides is 1. The number of hydrogen-bond donors (Lipinski definition) is 3. The van der Waals surface area contributed by atoms with Crippen LogP contribution in [0.5, 0.6) is 11.5 Å². The molecule has 0 radical (unpaired) electrons. The number of rotatable bonds is 12. The Bertz CT molecular complexity index is 1990. The first-order valence-electron chi connectivity index (χ1n) is 15.5. The van der Waals surface area contributed by atoms with Crippen molar-refractivity contribution in [2.75, 3.05) is 5.32 Å². The average Bonchev–Trinajstić information content (AvgIpc) is 3.54. The number of esters is 1. The molecule has 4 N–H and O–H groups in total. The maximum atomic E-state index is 14.1. The molecule has 0 aliphatic rings. The van der Waals surface area contributed by atoms with E-state index < -0.39 is 30.3 Å². The second kappa shape index (κ2) is 14.9. The predicted octanol–water partition coefficient (Wildman–Crippen LogP) is 5.95. The Morgan fingerprint density at radius 2 is 1.72 bits per heavy atom. The van der Waals surface area contributed by atoms with E-state index in [1.165, 1.54) is 70.8 Å². The fraction of sp³-hybridized carbons (Fsp3) is 0.257. The summed E-state index contributed by atoms with van der Waals surface area (Å²) in [7, 11) is 0. The lowest BCUT2D eigenvalue weighted by Crippen LogP contribution is -2.50. The average molecular weight is 711 g/mol. The smallest absolute Gasteiger partial charge is 0.508 e. The Labute approximate surface area is 289 Å². The minimum Gasteiger partial charge on any atom is -0.508 e. The highest BCUT2D eigenvalue weighted by Crippen LogP contribution is 2.26. The summed E-state index contributed by atoms with van der Waals surface area (Å²) in [4.78, 5) is 42.4. The quantitative estimate of drug-likeness (QED) is 0.108. The van der Waals surface area contributed by atoms with Crippen LogP contribution in [0.25, 0.3) is 4.96 Å². The van der Waals surface area contributed by atoms with Gasteiger partial charge >= 0.3 is 23.3 Å². The second-order valence-electron chi connectivity index (χ2n) is 11.8. The fourth-order valence-electron chi connectivity index (χ4n) is 5.32. The van der Waals surface area contributed by atoms with Crippen molar-refractivity contribution < 1.29 is 46.5 Å². The zero-order chi connectivity index (χ0) is 36.2. The molecule has 0 aliphatic heterocycles. The SMILES string of the molecule is Cc1c[n+]2cc(CN(C(=O)Nc3ccc(C(=O)OC(C)C)cc3)[C@@H](Cc3ccc(O)cc3)C(N)=O)n(Cc3cccc(OC(F)(F)F)c3)c2s1. The molecule has 1 atom stereocenters. The molecule has 0 saturated carbocycles. The zero-order valence-corrected chi connectivity index (χ0v) is 28.1. The number of nitrogens with zero attached hydrogens (tertiary/aromatic N) is 3. The lowest BCUT2D eigenvalue weighted by Gasteiger charge is -2.29. The third-order valence-electron chi connectivity index (χ3n) is 7.51. The number of aromatic nitrogens is 2. The Morgan fingerprint density at radius 3 is 2.36 bits per heavy atom. The summed E-state index contributed by atoms with van der Waals surface area (Å²) in [5.41, 5.74) is 8.21. The van der Waals surface area contributed by atoms with Crippen LogP contribution in [0.1, 0.15) is 45.9 Å². The van der Waals surface area contributed by atoms with Crippen LogP contribution in [0.3, 0.4) is 0 Å². The molecule has 0 unspecified atom stereocenters. The summed E-state index contributed by atoms with van der Waals surface area (Å²) in [5.74, 6) is -1.66. The number of ether oxygens (including phenoxy) is 2. The Kier molecular flexibility index (Phi) is 10.7. The number of nitrogens with one attached hydrogen (secondary N) is 1. The standard InChI is InChI=1S/C35H34F3N5O6S/c1-21(2)48-32(46)25-9-11-26(12-10-25)40-33(47)43(30(31(39)45)16-23-7-13-28(44)14-8-23)20-27-19-41-17-22(3)50-34(41)42(27)18-24-5-4-6-29(15-24)49-35(36,37)38/h4-15,17,19,21,30H,16,18,20H2,1-3H3,(H3-,39,40,44,45,46,47)/p+1/t30-/m0/s1. The third-order valence-corrected chi connectivity index (χ3v) is 8.55. The number of benzene rings is 3. The molecule has 5 rings (SSSR count). The van der Waals surface area contributed by atoms with Crippen molar-refractivity contribution >= 4 is 39.9 Å². The van der Waals surface area contributed by atoms with Gasteiger partial charge in [-0.25, -0.2) is 14.2 Å². The number of halogens is 3. The van der Waals surface area contributed by atoms with E-state index in [1.54, 1.807) is 38.2 Å². The lowest BCUT2D eigenvalue weighted by molar-refractivity contribution is -0.506. The molecule has 15 heteroatoms. The van der Waals surface area contributed by atoms with Crippen molar-refractivity contribution in [2.24, 2.45) is 5.73 Å². The van der Waals surface area contributed by atoms with Crippen LogP contribution in [-0.2, 0) is 29.0 Å². The monoisotopic (exact) mass is 710 g/mol. The molecule has 0 bridgehead atoms. The summed E-state index contributed by atoms with van der Waals surface area (Å²) >= 11 is 1.44. The van der Waals surface area contributed by atoms with Crippen LogP contribution in [0.2, 0.25) is 0 Å². The second-order valence-corrected chi connectivity index (χ2v) is 13.0. The number of phenolic OH excluding ortho intramolecular Hbond substituents is 1. The largest absolute Gasteiger partial charge is 0.573 e. The number of alkyl halides is 3. The van der Waals surface area contributed by atoms with E-state index in [9.17, 15) is 32.7 Å². The number of phenols is 1. The molecule has 0 fully saturated rings. The van der Waals surface area contributed by atoms with Crippen molar-refractivity contribution in [3.63, 3.8) is 0 Å². The highest BCUT2D eigenvalue weighted by molar-refractivity contribution is 7.16. The van der Waals surface area contributed by atoms with Crippen molar-refractivity contribution in [2.45, 2.75) is 58.8 Å². The van der Waals surface area contributed by atoms with Crippen LogP contribution in [0, 0.1) is 6.92 Å². The van der Waals surface area contributed by atoms with E-state index in [0.717, 1.165) is 9.84 Å². The Hall–Kier alpha value is -5.57. The number of urea groups is 1. The van der Waals surface area contributed by atoms with E-state index in [1.807, 2.05) is 22.1 Å². The molecule has 0 spiro atoms. The number of thiazole rings is 1. The number of nitrogens with two attached hydrogens (primary N) is 1. The van der Waals surface area contributed by atoms with Crippen molar-refractivity contribution in [3.8, 4) is 11.5 Å². The molecule has 2 aromatic heterocycles. The summed E-state index contributed by atoms with van der Waals surface area (Å²) in [6.07, 6.45) is -1.51. The molecule has 3 amide bonds. The van der Waals surface area contributed by atoms with Crippen LogP contribution < -0.4 is 20.2 Å². The number of anilines is 1. The van der Waals surface area contributed by atoms with Gasteiger partial charge in [0, 0.05) is 17.0 Å². The van der Waals surface area contributed by atoms with Gasteiger partial charge in [0.1, 0.15) is 36.5 Å². The summed E-state index contributed by atoms with van der Waals surface area (Å²) < 4.78 is 52.0. The first-order chi connectivity index (χ1) is 23.6. The van der Waals surface area contributed by atoms with Gasteiger partial charge in [0.25, 0.3) is 0 Å². The maximum absolute atomic E-state index is 14.1. The molecular formula is C35H35F3N5O6S+. The van der Waals surface area contributed by atoms with Gasteiger partial charge in [-0.05, 0) is 80.4 Å². The molecule has 262 valence electrons. The van der Waals surface area contributed by atoms with E-state index in [2.05, 4.69) is 10.1 Å². The molecule has 2 heterocycles. The van der Waals surface area contributed by atoms with Gasteiger partial charge in [-0.15, -0.1) is 13.2 Å². The van der Waals surface area contributed by atoms with Gasteiger partial charge < -0.3 is 30.5 Å². The normalized spacial score (nSPS) is 12.1. The van der Waals surface area contributed by atoms with Crippen LogP contribution in [0.15, 0.2) is 85.2 Å². The highest BCUT2D eigenvalue weighted by Gasteiger charge is 2.34. The summed E-state index contributed by atoms with van der Waals surface area (Å²) in [6.45, 7) is 5.35. The van der Waals surface area contributed by atoms with E-state index in [-0.39, 0.29) is 42.7 Å². The number of imidazole rings is 1. The Balaban J connectivity index is 1.51. The predicted molar refractivity (Wildman–Crippen MR) is 179 cm³/mol. The minimum atomic E-state index is -4.86. The van der Waals surface area contributed by atoms with Crippen molar-refractivity contribution in [1.82, 2.24) is 9.47 Å². The van der Waals surface area contributed by atoms with Gasteiger partial charge in [0.2, 0.25) is 5.91 Å². The zero-order valence-electron chi connectivity index (χ0n) is 27.3. The van der Waals surface area contributed by atoms with Crippen LogP contribution >= 0.6 is 11.3 Å². The van der Waals surface area contributed by atoms with Crippen LogP contribution in [0.4, 0.5) is 23.7 Å². The molecule has 0 saturated heterocycles. The number of aryl methyl sites for hydroxylation is 1. The van der Waals surface area contributed by atoms with E-state index >= 15 is 0 Å². The fourth-order valence-corrected chi connectivity index (χ4v) is 6.27. The minimum absolute atomic E-state index is 0.0150. The van der Waals surface area contributed by atoms with Gasteiger partial charge in [0.15, 0.2) is 5.69 Å². The highest BCUT2D eigenvalue weighted by atomic mass is 32.1. The molecule has 11 nitrogen and oxygen atoms in total. The maximum Gasteiger partial charge on any atom is 0.573 e. The van der Waals surface area contributed by atoms with Gasteiger partial charge in [0.05, 0.1) is 18.2 Å². The first kappa shape index (κ1) is 35.7. The molecule has 3 aromatic carbocycles. The van der Waals surface area contributed by atoms with Gasteiger partial charge in [-0.1, -0.05) is 35.6 Å².